The first-order valence-corrected chi connectivity index (χ1v) is 6.16. The van der Waals surface area contributed by atoms with Crippen molar-refractivity contribution in [2.24, 2.45) is 0 Å². The zero-order valence-electron chi connectivity index (χ0n) is 10.5. The Hall–Kier alpha value is -1.10. The average Bonchev–Trinajstić information content (AvgIpc) is 2.32. The van der Waals surface area contributed by atoms with Crippen molar-refractivity contribution in [2.45, 2.75) is 31.9 Å². The molecule has 0 aliphatic carbocycles. The number of carboxylic acids is 1. The topological polar surface area (TPSA) is 69.6 Å². The van der Waals surface area contributed by atoms with Crippen LogP contribution >= 0.6 is 11.6 Å². The first-order valence-electron chi connectivity index (χ1n) is 5.79. The van der Waals surface area contributed by atoms with Gasteiger partial charge in [0.25, 0.3) is 0 Å². The number of hydrogen-bond donors (Lipinski definition) is 3. The van der Waals surface area contributed by atoms with Gasteiger partial charge in [0.15, 0.2) is 0 Å². The number of carbonyl (C=O) groups is 1. The first kappa shape index (κ1) is 15.0. The zero-order valence-corrected chi connectivity index (χ0v) is 11.2. The van der Waals surface area contributed by atoms with Crippen molar-refractivity contribution in [3.8, 4) is 0 Å². The third kappa shape index (κ3) is 3.98. The molecule has 0 aliphatic heterocycles. The van der Waals surface area contributed by atoms with Crippen molar-refractivity contribution in [2.75, 3.05) is 7.05 Å². The normalized spacial score (nSPS) is 14.2. The summed E-state index contributed by atoms with van der Waals surface area (Å²) in [6.07, 6.45) is -0.352. The Morgan fingerprint density at radius 3 is 2.67 bits per heavy atom. The molecule has 100 valence electrons. The summed E-state index contributed by atoms with van der Waals surface area (Å²) in [7, 11) is 1.71. The second-order valence-electron chi connectivity index (χ2n) is 4.28. The molecule has 5 heteroatoms. The van der Waals surface area contributed by atoms with Crippen molar-refractivity contribution >= 4 is 17.6 Å². The van der Waals surface area contributed by atoms with Gasteiger partial charge < -0.3 is 15.5 Å². The number of aliphatic hydroxyl groups excluding tert-OH is 1. The maximum absolute atomic E-state index is 10.6. The van der Waals surface area contributed by atoms with E-state index in [1.54, 1.807) is 19.2 Å². The minimum atomic E-state index is -0.866. The van der Waals surface area contributed by atoms with Crippen LogP contribution in [0.5, 0.6) is 0 Å². The van der Waals surface area contributed by atoms with Gasteiger partial charge in [0, 0.05) is 17.5 Å². The van der Waals surface area contributed by atoms with E-state index in [0.29, 0.717) is 11.4 Å². The molecule has 1 aromatic carbocycles. The maximum atomic E-state index is 10.6. The van der Waals surface area contributed by atoms with Gasteiger partial charge >= 0.3 is 5.97 Å². The molecule has 0 fully saturated rings. The number of nitrogens with one attached hydrogen (secondary N) is 1. The lowest BCUT2D eigenvalue weighted by atomic mass is 9.97. The lowest BCUT2D eigenvalue weighted by Crippen LogP contribution is -2.32. The molecule has 4 nitrogen and oxygen atoms in total. The Labute approximate surface area is 112 Å². The molecule has 0 radical (unpaired) electrons. The van der Waals surface area contributed by atoms with E-state index in [-0.39, 0.29) is 12.5 Å². The van der Waals surface area contributed by atoms with Crippen LogP contribution in [0.3, 0.4) is 0 Å². The van der Waals surface area contributed by atoms with Crippen LogP contribution in [-0.2, 0) is 4.79 Å². The number of benzene rings is 1. The van der Waals surface area contributed by atoms with Gasteiger partial charge in [-0.1, -0.05) is 23.7 Å². The quantitative estimate of drug-likeness (QED) is 0.741. The third-order valence-electron chi connectivity index (χ3n) is 2.94. The van der Waals surface area contributed by atoms with Gasteiger partial charge in [-0.05, 0) is 37.6 Å². The number of carboxylic acid groups (broad SMARTS) is 1. The van der Waals surface area contributed by atoms with E-state index in [1.807, 2.05) is 13.0 Å². The van der Waals surface area contributed by atoms with Gasteiger partial charge in [0.05, 0.1) is 6.10 Å². The molecule has 0 aromatic heterocycles. The van der Waals surface area contributed by atoms with E-state index < -0.39 is 12.1 Å². The molecular formula is C13H18ClNO3. The van der Waals surface area contributed by atoms with Gasteiger partial charge in [-0.2, -0.15) is 0 Å². The SMILES string of the molecule is CNC(CCC(=O)O)C(O)c1ccc(Cl)c(C)c1. The number of rotatable bonds is 6. The summed E-state index contributed by atoms with van der Waals surface area (Å²) >= 11 is 5.93. The van der Waals surface area contributed by atoms with Crippen molar-refractivity contribution < 1.29 is 15.0 Å². The second-order valence-corrected chi connectivity index (χ2v) is 4.69. The minimum absolute atomic E-state index is 0.0230. The molecule has 2 unspecified atom stereocenters. The molecule has 0 amide bonds. The molecule has 18 heavy (non-hydrogen) atoms. The summed E-state index contributed by atoms with van der Waals surface area (Å²) < 4.78 is 0. The molecule has 0 saturated heterocycles. The van der Waals surface area contributed by atoms with Crippen molar-refractivity contribution in [1.29, 1.82) is 0 Å². The maximum Gasteiger partial charge on any atom is 0.303 e. The third-order valence-corrected chi connectivity index (χ3v) is 3.37. The van der Waals surface area contributed by atoms with Crippen LogP contribution < -0.4 is 5.32 Å². The Morgan fingerprint density at radius 2 is 2.17 bits per heavy atom. The van der Waals surface area contributed by atoms with Crippen LogP contribution in [-0.4, -0.2) is 29.3 Å². The summed E-state index contributed by atoms with van der Waals surface area (Å²) in [5.41, 5.74) is 1.63. The monoisotopic (exact) mass is 271 g/mol. The standard InChI is InChI=1S/C13H18ClNO3/c1-8-7-9(3-4-10(8)14)13(18)11(15-2)5-6-12(16)17/h3-4,7,11,13,15,18H,5-6H2,1-2H3,(H,16,17). The number of likely N-dealkylation sites (N-methyl/N-ethyl adjacent to an activating group) is 1. The molecule has 0 aliphatic rings. The molecular weight excluding hydrogens is 254 g/mol. The number of aryl methyl sites for hydroxylation is 1. The van der Waals surface area contributed by atoms with Crippen molar-refractivity contribution in [3.05, 3.63) is 34.3 Å². The Morgan fingerprint density at radius 1 is 1.50 bits per heavy atom. The predicted octanol–water partition coefficient (Wildman–Crippen LogP) is 2.13. The Balaban J connectivity index is 2.78. The smallest absolute Gasteiger partial charge is 0.303 e. The summed E-state index contributed by atoms with van der Waals surface area (Å²) in [5.74, 6) is -0.866. The van der Waals surface area contributed by atoms with E-state index >= 15 is 0 Å². The van der Waals surface area contributed by atoms with Crippen molar-refractivity contribution in [1.82, 2.24) is 5.32 Å². The highest BCUT2D eigenvalue weighted by Gasteiger charge is 2.20. The number of halogens is 1. The Kier molecular flexibility index (Phi) is 5.59. The lowest BCUT2D eigenvalue weighted by molar-refractivity contribution is -0.137. The van der Waals surface area contributed by atoms with Crippen LogP contribution in [0.15, 0.2) is 18.2 Å². The summed E-state index contributed by atoms with van der Waals surface area (Å²) in [6, 6.07) is 5.02. The van der Waals surface area contributed by atoms with Crippen LogP contribution in [0, 0.1) is 6.92 Å². The van der Waals surface area contributed by atoms with Crippen LogP contribution in [0.2, 0.25) is 5.02 Å². The van der Waals surface area contributed by atoms with Gasteiger partial charge in [-0.15, -0.1) is 0 Å². The predicted molar refractivity (Wildman–Crippen MR) is 70.9 cm³/mol. The fraction of sp³-hybridized carbons (Fsp3) is 0.462. The highest BCUT2D eigenvalue weighted by molar-refractivity contribution is 6.31. The molecule has 0 bridgehead atoms. The van der Waals surface area contributed by atoms with Gasteiger partial charge in [0.1, 0.15) is 0 Å². The highest BCUT2D eigenvalue weighted by atomic mass is 35.5. The Bertz CT molecular complexity index is 423. The van der Waals surface area contributed by atoms with E-state index in [4.69, 9.17) is 16.7 Å². The van der Waals surface area contributed by atoms with Crippen LogP contribution in [0.4, 0.5) is 0 Å². The van der Waals surface area contributed by atoms with Crippen molar-refractivity contribution in [3.63, 3.8) is 0 Å². The summed E-state index contributed by atoms with van der Waals surface area (Å²) in [5, 5.41) is 22.5. The van der Waals surface area contributed by atoms with E-state index in [9.17, 15) is 9.90 Å². The summed E-state index contributed by atoms with van der Waals surface area (Å²) in [6.45, 7) is 1.87. The molecule has 1 rings (SSSR count). The van der Waals surface area contributed by atoms with Crippen LogP contribution in [0.1, 0.15) is 30.1 Å². The minimum Gasteiger partial charge on any atom is -0.481 e. The lowest BCUT2D eigenvalue weighted by Gasteiger charge is -2.22. The molecule has 0 spiro atoms. The largest absolute Gasteiger partial charge is 0.481 e. The number of aliphatic carboxylic acids is 1. The fourth-order valence-corrected chi connectivity index (χ4v) is 1.94. The van der Waals surface area contributed by atoms with Gasteiger partial charge in [0.2, 0.25) is 0 Å². The molecule has 2 atom stereocenters. The average molecular weight is 272 g/mol. The number of aliphatic hydroxyl groups is 1. The zero-order chi connectivity index (χ0) is 13.7. The van der Waals surface area contributed by atoms with Gasteiger partial charge in [-0.25, -0.2) is 0 Å². The number of hydrogen-bond acceptors (Lipinski definition) is 3. The van der Waals surface area contributed by atoms with Crippen LogP contribution in [0.25, 0.3) is 0 Å². The molecule has 0 saturated carbocycles. The molecule has 3 N–H and O–H groups in total. The van der Waals surface area contributed by atoms with E-state index in [1.165, 1.54) is 0 Å². The first-order chi connectivity index (χ1) is 8.45. The van der Waals surface area contributed by atoms with E-state index in [2.05, 4.69) is 5.32 Å². The van der Waals surface area contributed by atoms with E-state index in [0.717, 1.165) is 11.1 Å². The second kappa shape index (κ2) is 6.73. The fourth-order valence-electron chi connectivity index (χ4n) is 1.82. The highest BCUT2D eigenvalue weighted by Crippen LogP contribution is 2.24. The van der Waals surface area contributed by atoms with Gasteiger partial charge in [-0.3, -0.25) is 4.79 Å². The molecule has 1 aromatic rings. The molecule has 0 heterocycles. The summed E-state index contributed by atoms with van der Waals surface area (Å²) in [4.78, 5) is 10.6.